The van der Waals surface area contributed by atoms with E-state index in [4.69, 9.17) is 9.52 Å². The minimum Gasteiger partial charge on any atom is -0.468 e. The smallest absolute Gasteiger partial charge is 0.242 e. The highest BCUT2D eigenvalue weighted by Crippen LogP contribution is 2.31. The fourth-order valence-corrected chi connectivity index (χ4v) is 4.85. The van der Waals surface area contributed by atoms with Gasteiger partial charge in [-0.2, -0.15) is 0 Å². The van der Waals surface area contributed by atoms with Crippen LogP contribution in [0.25, 0.3) is 0 Å². The number of aliphatic hydroxyl groups excluding tert-OH is 1. The average molecular weight is 352 g/mol. The Morgan fingerprint density at radius 2 is 2.28 bits per heavy atom. The van der Waals surface area contributed by atoms with E-state index in [-0.39, 0.29) is 18.0 Å². The lowest BCUT2D eigenvalue weighted by Gasteiger charge is -2.03. The third-order valence-electron chi connectivity index (χ3n) is 2.17. The first-order chi connectivity index (χ1) is 8.53. The predicted octanol–water partition coefficient (Wildman–Crippen LogP) is 2.07. The SMILES string of the molecule is O=S(=O)(NCc1ccco1)c1cc(CO)sc1Br. The Balaban J connectivity index is 2.17. The second kappa shape index (κ2) is 5.54. The van der Waals surface area contributed by atoms with Gasteiger partial charge in [0.25, 0.3) is 0 Å². The van der Waals surface area contributed by atoms with Gasteiger partial charge in [0.05, 0.1) is 23.2 Å². The number of halogens is 1. The minimum absolute atomic E-state index is 0.0894. The first kappa shape index (κ1) is 13.8. The van der Waals surface area contributed by atoms with Gasteiger partial charge in [0.1, 0.15) is 10.7 Å². The van der Waals surface area contributed by atoms with Crippen LogP contribution in [0.1, 0.15) is 10.6 Å². The molecule has 0 atom stereocenters. The number of nitrogens with one attached hydrogen (secondary N) is 1. The van der Waals surface area contributed by atoms with Crippen molar-refractivity contribution in [3.8, 4) is 0 Å². The molecule has 8 heteroatoms. The van der Waals surface area contributed by atoms with Crippen LogP contribution in [0.4, 0.5) is 0 Å². The summed E-state index contributed by atoms with van der Waals surface area (Å²) in [5.74, 6) is 0.535. The normalized spacial score (nSPS) is 11.9. The molecular weight excluding hydrogens is 342 g/mol. The highest BCUT2D eigenvalue weighted by molar-refractivity contribution is 9.11. The van der Waals surface area contributed by atoms with Crippen molar-refractivity contribution < 1.29 is 17.9 Å². The maximum atomic E-state index is 12.0. The molecule has 0 bridgehead atoms. The molecule has 0 unspecified atom stereocenters. The number of aliphatic hydroxyl groups is 1. The fraction of sp³-hybridized carbons (Fsp3) is 0.200. The molecule has 0 aliphatic heterocycles. The van der Waals surface area contributed by atoms with Crippen LogP contribution in [0, 0.1) is 0 Å². The lowest BCUT2D eigenvalue weighted by atomic mass is 10.5. The van der Waals surface area contributed by atoms with Crippen LogP contribution < -0.4 is 4.72 Å². The monoisotopic (exact) mass is 351 g/mol. The third-order valence-corrected chi connectivity index (χ3v) is 5.81. The van der Waals surface area contributed by atoms with Crippen LogP contribution in [0.3, 0.4) is 0 Å². The zero-order chi connectivity index (χ0) is 13.2. The number of furan rings is 1. The van der Waals surface area contributed by atoms with Gasteiger partial charge in [0.2, 0.25) is 10.0 Å². The quantitative estimate of drug-likeness (QED) is 0.864. The van der Waals surface area contributed by atoms with Crippen molar-refractivity contribution in [1.29, 1.82) is 0 Å². The maximum Gasteiger partial charge on any atom is 0.242 e. The van der Waals surface area contributed by atoms with Crippen LogP contribution in [0.15, 0.2) is 37.6 Å². The lowest BCUT2D eigenvalue weighted by molar-refractivity contribution is 0.285. The summed E-state index contributed by atoms with van der Waals surface area (Å²) >= 11 is 4.37. The Bertz CT molecular complexity index is 618. The van der Waals surface area contributed by atoms with Crippen LogP contribution in [-0.2, 0) is 23.2 Å². The van der Waals surface area contributed by atoms with Crippen molar-refractivity contribution in [2.75, 3.05) is 0 Å². The first-order valence-electron chi connectivity index (χ1n) is 4.94. The summed E-state index contributed by atoms with van der Waals surface area (Å²) in [7, 11) is -3.61. The summed E-state index contributed by atoms with van der Waals surface area (Å²) in [4.78, 5) is 0.711. The molecule has 2 aromatic heterocycles. The molecule has 2 rings (SSSR count). The summed E-state index contributed by atoms with van der Waals surface area (Å²) in [5.41, 5.74) is 0. The van der Waals surface area contributed by atoms with Crippen LogP contribution in [0.5, 0.6) is 0 Å². The van der Waals surface area contributed by atoms with E-state index in [1.807, 2.05) is 0 Å². The van der Waals surface area contributed by atoms with Crippen molar-refractivity contribution in [2.24, 2.45) is 0 Å². The van der Waals surface area contributed by atoms with Crippen molar-refractivity contribution >= 4 is 37.3 Å². The molecule has 0 aliphatic carbocycles. The number of hydrogen-bond acceptors (Lipinski definition) is 5. The van der Waals surface area contributed by atoms with E-state index in [2.05, 4.69) is 20.7 Å². The van der Waals surface area contributed by atoms with Gasteiger partial charge in [-0.3, -0.25) is 0 Å². The summed E-state index contributed by atoms with van der Waals surface area (Å²) in [6.45, 7) is -0.0942. The molecule has 0 spiro atoms. The molecule has 0 radical (unpaired) electrons. The lowest BCUT2D eigenvalue weighted by Crippen LogP contribution is -2.22. The zero-order valence-corrected chi connectivity index (χ0v) is 12.3. The summed E-state index contributed by atoms with van der Waals surface area (Å²) < 4.78 is 32.0. The van der Waals surface area contributed by atoms with Crippen LogP contribution >= 0.6 is 27.3 Å². The maximum absolute atomic E-state index is 12.0. The second-order valence-electron chi connectivity index (χ2n) is 3.41. The first-order valence-corrected chi connectivity index (χ1v) is 8.03. The van der Waals surface area contributed by atoms with Gasteiger partial charge in [0.15, 0.2) is 0 Å². The summed E-state index contributed by atoms with van der Waals surface area (Å²) in [5, 5.41) is 8.98. The Hall–Kier alpha value is -0.670. The predicted molar refractivity (Wildman–Crippen MR) is 70.7 cm³/mol. The highest BCUT2D eigenvalue weighted by Gasteiger charge is 2.20. The van der Waals surface area contributed by atoms with Gasteiger partial charge in [-0.15, -0.1) is 11.3 Å². The molecule has 0 aromatic carbocycles. The molecule has 18 heavy (non-hydrogen) atoms. The van der Waals surface area contributed by atoms with E-state index in [9.17, 15) is 8.42 Å². The van der Waals surface area contributed by atoms with E-state index in [1.54, 1.807) is 12.1 Å². The molecule has 0 amide bonds. The van der Waals surface area contributed by atoms with Gasteiger partial charge < -0.3 is 9.52 Å². The van der Waals surface area contributed by atoms with Crippen molar-refractivity contribution in [3.05, 3.63) is 38.9 Å². The van der Waals surface area contributed by atoms with Crippen LogP contribution in [0.2, 0.25) is 0 Å². The largest absolute Gasteiger partial charge is 0.468 e. The van der Waals surface area contributed by atoms with Crippen molar-refractivity contribution in [2.45, 2.75) is 18.0 Å². The van der Waals surface area contributed by atoms with E-state index in [1.165, 1.54) is 23.7 Å². The Labute approximate surface area is 117 Å². The standard InChI is InChI=1S/C10H10BrNO4S2/c11-10-9(4-8(6-13)17-10)18(14,15)12-5-7-2-1-3-16-7/h1-4,12-13H,5-6H2. The van der Waals surface area contributed by atoms with Gasteiger partial charge in [0, 0.05) is 4.88 Å². The van der Waals surface area contributed by atoms with E-state index < -0.39 is 10.0 Å². The Morgan fingerprint density at radius 3 is 2.83 bits per heavy atom. The molecule has 2 aromatic rings. The zero-order valence-electron chi connectivity index (χ0n) is 9.09. The minimum atomic E-state index is -3.61. The Kier molecular flexibility index (Phi) is 4.23. The number of thiophene rings is 1. The topological polar surface area (TPSA) is 79.5 Å². The molecule has 2 N–H and O–H groups in total. The van der Waals surface area contributed by atoms with E-state index in [0.29, 0.717) is 14.4 Å². The molecule has 0 saturated carbocycles. The highest BCUT2D eigenvalue weighted by atomic mass is 79.9. The van der Waals surface area contributed by atoms with E-state index in [0.717, 1.165) is 0 Å². The molecule has 2 heterocycles. The van der Waals surface area contributed by atoms with E-state index >= 15 is 0 Å². The average Bonchev–Trinajstić information content (AvgIpc) is 2.95. The van der Waals surface area contributed by atoms with Crippen molar-refractivity contribution in [3.63, 3.8) is 0 Å². The second-order valence-corrected chi connectivity index (χ2v) is 7.60. The molecular formula is C10H10BrNO4S2. The number of hydrogen-bond donors (Lipinski definition) is 2. The molecule has 0 fully saturated rings. The molecule has 5 nitrogen and oxygen atoms in total. The van der Waals surface area contributed by atoms with Gasteiger partial charge in [-0.05, 0) is 34.1 Å². The van der Waals surface area contributed by atoms with Crippen LogP contribution in [-0.4, -0.2) is 13.5 Å². The molecule has 0 aliphatic rings. The number of sulfonamides is 1. The van der Waals surface area contributed by atoms with Gasteiger partial charge >= 0.3 is 0 Å². The number of rotatable bonds is 5. The van der Waals surface area contributed by atoms with Gasteiger partial charge in [-0.1, -0.05) is 0 Å². The third kappa shape index (κ3) is 3.01. The summed E-state index contributed by atoms with van der Waals surface area (Å²) in [6, 6.07) is 4.82. The van der Waals surface area contributed by atoms with Gasteiger partial charge in [-0.25, -0.2) is 13.1 Å². The summed E-state index contributed by atoms with van der Waals surface area (Å²) in [6.07, 6.45) is 1.48. The van der Waals surface area contributed by atoms with Crippen molar-refractivity contribution in [1.82, 2.24) is 4.72 Å². The fourth-order valence-electron chi connectivity index (χ4n) is 1.32. The Morgan fingerprint density at radius 1 is 1.50 bits per heavy atom. The molecule has 98 valence electrons. The molecule has 0 saturated heterocycles.